The van der Waals surface area contributed by atoms with Crippen LogP contribution >= 0.6 is 0 Å². The second kappa shape index (κ2) is 3.25. The van der Waals surface area contributed by atoms with Crippen LogP contribution in [0.3, 0.4) is 0 Å². The molecule has 0 aromatic carbocycles. The first-order valence-electron chi connectivity index (χ1n) is 3.40. The van der Waals surface area contributed by atoms with Gasteiger partial charge in [-0.05, 0) is 6.92 Å². The zero-order valence-electron chi connectivity index (χ0n) is 6.32. The summed E-state index contributed by atoms with van der Waals surface area (Å²) in [4.78, 5) is 14.8. The molecule has 0 atom stereocenters. The molecule has 60 valence electrons. The van der Waals surface area contributed by atoms with E-state index in [9.17, 15) is 4.79 Å². The summed E-state index contributed by atoms with van der Waals surface area (Å²) in [6.45, 7) is 2.52. The SMILES string of the molecule is CCn1ncnc1C(=O)CN. The van der Waals surface area contributed by atoms with E-state index in [1.807, 2.05) is 6.92 Å². The van der Waals surface area contributed by atoms with Crippen LogP contribution in [0.15, 0.2) is 6.33 Å². The normalized spacial score (nSPS) is 10.0. The van der Waals surface area contributed by atoms with E-state index < -0.39 is 0 Å². The summed E-state index contributed by atoms with van der Waals surface area (Å²) in [7, 11) is 0. The Kier molecular flexibility index (Phi) is 2.32. The van der Waals surface area contributed by atoms with E-state index in [2.05, 4.69) is 10.1 Å². The Morgan fingerprint density at radius 1 is 1.82 bits per heavy atom. The molecule has 0 aliphatic heterocycles. The summed E-state index contributed by atoms with van der Waals surface area (Å²) < 4.78 is 1.52. The van der Waals surface area contributed by atoms with E-state index in [0.717, 1.165) is 0 Å². The van der Waals surface area contributed by atoms with Crippen molar-refractivity contribution in [3.63, 3.8) is 0 Å². The number of nitrogens with zero attached hydrogens (tertiary/aromatic N) is 3. The summed E-state index contributed by atoms with van der Waals surface area (Å²) in [6.07, 6.45) is 1.35. The third-order valence-corrected chi connectivity index (χ3v) is 1.35. The highest BCUT2D eigenvalue weighted by molar-refractivity contribution is 5.94. The van der Waals surface area contributed by atoms with Gasteiger partial charge in [-0.15, -0.1) is 0 Å². The van der Waals surface area contributed by atoms with Crippen molar-refractivity contribution >= 4 is 5.78 Å². The molecule has 2 N–H and O–H groups in total. The zero-order chi connectivity index (χ0) is 8.27. The molecule has 0 radical (unpaired) electrons. The summed E-state index contributed by atoms with van der Waals surface area (Å²) in [5.41, 5.74) is 5.16. The van der Waals surface area contributed by atoms with Crippen LogP contribution in [0.4, 0.5) is 0 Å². The highest BCUT2D eigenvalue weighted by atomic mass is 16.1. The van der Waals surface area contributed by atoms with E-state index in [1.54, 1.807) is 0 Å². The Hall–Kier alpha value is -1.23. The molecule has 0 spiro atoms. The maximum atomic E-state index is 11.0. The lowest BCUT2D eigenvalue weighted by Gasteiger charge is -1.98. The first-order valence-corrected chi connectivity index (χ1v) is 3.40. The fourth-order valence-electron chi connectivity index (χ4n) is 0.803. The Bertz CT molecular complexity index is 255. The summed E-state index contributed by atoms with van der Waals surface area (Å²) in [6, 6.07) is 0. The predicted molar refractivity (Wildman–Crippen MR) is 39.1 cm³/mol. The van der Waals surface area contributed by atoms with E-state index in [4.69, 9.17) is 5.73 Å². The van der Waals surface area contributed by atoms with Crippen molar-refractivity contribution in [1.29, 1.82) is 0 Å². The minimum absolute atomic E-state index is 0.0152. The Labute approximate surface area is 64.2 Å². The van der Waals surface area contributed by atoms with Crippen molar-refractivity contribution in [3.05, 3.63) is 12.2 Å². The molecule has 0 saturated heterocycles. The molecule has 0 saturated carbocycles. The van der Waals surface area contributed by atoms with Gasteiger partial charge in [0.1, 0.15) is 6.33 Å². The number of carbonyl (C=O) groups excluding carboxylic acids is 1. The first kappa shape index (κ1) is 7.87. The molecule has 0 bridgehead atoms. The Morgan fingerprint density at radius 3 is 3.09 bits per heavy atom. The van der Waals surface area contributed by atoms with Gasteiger partial charge in [0.05, 0.1) is 6.54 Å². The van der Waals surface area contributed by atoms with Crippen LogP contribution in [-0.4, -0.2) is 27.1 Å². The van der Waals surface area contributed by atoms with E-state index in [1.165, 1.54) is 11.0 Å². The highest BCUT2D eigenvalue weighted by Crippen LogP contribution is 1.93. The third-order valence-electron chi connectivity index (χ3n) is 1.35. The maximum Gasteiger partial charge on any atom is 0.213 e. The number of ketones is 1. The van der Waals surface area contributed by atoms with E-state index >= 15 is 0 Å². The number of carbonyl (C=O) groups is 1. The highest BCUT2D eigenvalue weighted by Gasteiger charge is 2.09. The van der Waals surface area contributed by atoms with Gasteiger partial charge >= 0.3 is 0 Å². The van der Waals surface area contributed by atoms with Gasteiger partial charge in [0.25, 0.3) is 0 Å². The van der Waals surface area contributed by atoms with Gasteiger partial charge in [-0.3, -0.25) is 4.79 Å². The number of aryl methyl sites for hydroxylation is 1. The standard InChI is InChI=1S/C6H10N4O/c1-2-10-6(5(11)3-7)8-4-9-10/h4H,2-3,7H2,1H3. The fourth-order valence-corrected chi connectivity index (χ4v) is 0.803. The number of hydrogen-bond acceptors (Lipinski definition) is 4. The number of hydrogen-bond donors (Lipinski definition) is 1. The molecule has 0 unspecified atom stereocenters. The topological polar surface area (TPSA) is 73.8 Å². The lowest BCUT2D eigenvalue weighted by Crippen LogP contribution is -2.19. The monoisotopic (exact) mass is 154 g/mol. The number of aromatic nitrogens is 3. The molecule has 5 heteroatoms. The summed E-state index contributed by atoms with van der Waals surface area (Å²) in [5.74, 6) is 0.166. The quantitative estimate of drug-likeness (QED) is 0.592. The largest absolute Gasteiger partial charge is 0.324 e. The van der Waals surface area contributed by atoms with Crippen LogP contribution in [0.25, 0.3) is 0 Å². The minimum Gasteiger partial charge on any atom is -0.324 e. The first-order chi connectivity index (χ1) is 5.29. The van der Waals surface area contributed by atoms with Crippen molar-refractivity contribution in [2.24, 2.45) is 5.73 Å². The van der Waals surface area contributed by atoms with E-state index in [-0.39, 0.29) is 12.3 Å². The minimum atomic E-state index is -0.177. The Morgan fingerprint density at radius 2 is 2.55 bits per heavy atom. The van der Waals surface area contributed by atoms with Crippen LogP contribution in [0, 0.1) is 0 Å². The lowest BCUT2D eigenvalue weighted by atomic mass is 10.4. The Balaban J connectivity index is 2.92. The second-order valence-corrected chi connectivity index (χ2v) is 2.03. The van der Waals surface area contributed by atoms with Gasteiger partial charge in [-0.1, -0.05) is 0 Å². The number of nitrogens with two attached hydrogens (primary N) is 1. The molecule has 5 nitrogen and oxygen atoms in total. The van der Waals surface area contributed by atoms with E-state index in [0.29, 0.717) is 12.4 Å². The van der Waals surface area contributed by atoms with Crippen molar-refractivity contribution in [2.75, 3.05) is 6.54 Å². The molecule has 0 aliphatic carbocycles. The lowest BCUT2D eigenvalue weighted by molar-refractivity contribution is 0.0986. The molecule has 1 aromatic rings. The van der Waals surface area contributed by atoms with Gasteiger partial charge in [0.15, 0.2) is 5.82 Å². The molecule has 0 fully saturated rings. The van der Waals surface area contributed by atoms with Crippen LogP contribution in [0.5, 0.6) is 0 Å². The van der Waals surface area contributed by atoms with Gasteiger partial charge in [-0.2, -0.15) is 5.10 Å². The average molecular weight is 154 g/mol. The van der Waals surface area contributed by atoms with Crippen LogP contribution in [0.2, 0.25) is 0 Å². The molecule has 0 amide bonds. The number of rotatable bonds is 3. The summed E-state index contributed by atoms with van der Waals surface area (Å²) in [5, 5.41) is 3.83. The van der Waals surface area contributed by atoms with Gasteiger partial charge in [0.2, 0.25) is 5.78 Å². The van der Waals surface area contributed by atoms with Gasteiger partial charge < -0.3 is 5.73 Å². The van der Waals surface area contributed by atoms with Crippen LogP contribution in [0.1, 0.15) is 17.5 Å². The zero-order valence-corrected chi connectivity index (χ0v) is 6.32. The fraction of sp³-hybridized carbons (Fsp3) is 0.500. The molecular formula is C6H10N4O. The smallest absolute Gasteiger partial charge is 0.213 e. The van der Waals surface area contributed by atoms with Gasteiger partial charge in [-0.25, -0.2) is 9.67 Å². The molecule has 1 aromatic heterocycles. The third kappa shape index (κ3) is 1.43. The second-order valence-electron chi connectivity index (χ2n) is 2.03. The van der Waals surface area contributed by atoms with Crippen molar-refractivity contribution < 1.29 is 4.79 Å². The summed E-state index contributed by atoms with van der Waals surface area (Å²) >= 11 is 0. The molecule has 11 heavy (non-hydrogen) atoms. The van der Waals surface area contributed by atoms with Crippen molar-refractivity contribution in [2.45, 2.75) is 13.5 Å². The van der Waals surface area contributed by atoms with Crippen molar-refractivity contribution in [3.8, 4) is 0 Å². The molecule has 1 heterocycles. The molecule has 0 aliphatic rings. The molecule has 1 rings (SSSR count). The maximum absolute atomic E-state index is 11.0. The predicted octanol–water partition coefficient (Wildman–Crippen LogP) is -0.561. The number of Topliss-reactive ketones (excluding diaryl/α,β-unsaturated/α-hetero) is 1. The van der Waals surface area contributed by atoms with Crippen LogP contribution in [-0.2, 0) is 6.54 Å². The van der Waals surface area contributed by atoms with Crippen LogP contribution < -0.4 is 5.73 Å². The average Bonchev–Trinajstić information content (AvgIpc) is 2.50. The molecular weight excluding hydrogens is 144 g/mol. The van der Waals surface area contributed by atoms with Crippen molar-refractivity contribution in [1.82, 2.24) is 14.8 Å². The van der Waals surface area contributed by atoms with Gasteiger partial charge in [0, 0.05) is 6.54 Å².